The summed E-state index contributed by atoms with van der Waals surface area (Å²) >= 11 is 1.61. The number of thioether (sulfide) groups is 1. The number of pyridine rings is 1. The van der Waals surface area contributed by atoms with Gasteiger partial charge >= 0.3 is 0 Å². The third-order valence-electron chi connectivity index (χ3n) is 4.29. The Morgan fingerprint density at radius 2 is 2.08 bits per heavy atom. The number of hydrogen-bond acceptors (Lipinski definition) is 7. The number of aliphatic hydroxyl groups is 1. The summed E-state index contributed by atoms with van der Waals surface area (Å²) in [5, 5.41) is 14.1. The van der Waals surface area contributed by atoms with E-state index in [-0.39, 0.29) is 11.9 Å². The molecule has 1 fully saturated rings. The minimum atomic E-state index is -0.606. The second-order valence-electron chi connectivity index (χ2n) is 6.21. The van der Waals surface area contributed by atoms with Gasteiger partial charge in [-0.1, -0.05) is 18.7 Å². The van der Waals surface area contributed by atoms with E-state index in [9.17, 15) is 9.90 Å². The van der Waals surface area contributed by atoms with Gasteiger partial charge in [-0.15, -0.1) is 0 Å². The zero-order valence-corrected chi connectivity index (χ0v) is 15.5. The SMILES string of the molecule is CCSc1ncc(CN2CC[C@@H](NC(=O)c3ccncc3)[C@H](O)C2)cn1. The van der Waals surface area contributed by atoms with E-state index in [1.807, 2.05) is 12.4 Å². The van der Waals surface area contributed by atoms with Crippen LogP contribution in [0.4, 0.5) is 0 Å². The summed E-state index contributed by atoms with van der Waals surface area (Å²) in [5.74, 6) is 0.770. The van der Waals surface area contributed by atoms with E-state index in [0.29, 0.717) is 25.1 Å². The summed E-state index contributed by atoms with van der Waals surface area (Å²) in [6, 6.07) is 3.08. The summed E-state index contributed by atoms with van der Waals surface area (Å²) in [7, 11) is 0. The molecule has 0 unspecified atom stereocenters. The quantitative estimate of drug-likeness (QED) is 0.583. The molecule has 7 nitrogen and oxygen atoms in total. The molecule has 0 spiro atoms. The molecule has 0 saturated carbocycles. The van der Waals surface area contributed by atoms with E-state index in [1.54, 1.807) is 36.3 Å². The minimum absolute atomic E-state index is 0.178. The number of β-amino-alcohol motifs (C(OH)–C–C–N with tert-alkyl or cyclic N) is 1. The van der Waals surface area contributed by atoms with E-state index in [0.717, 1.165) is 23.0 Å². The van der Waals surface area contributed by atoms with Crippen molar-refractivity contribution in [3.63, 3.8) is 0 Å². The molecule has 0 aliphatic carbocycles. The van der Waals surface area contributed by atoms with Crippen LogP contribution in [0.15, 0.2) is 42.1 Å². The maximum Gasteiger partial charge on any atom is 0.251 e. The first-order valence-electron chi connectivity index (χ1n) is 8.70. The lowest BCUT2D eigenvalue weighted by atomic mass is 10.0. The van der Waals surface area contributed by atoms with Crippen LogP contribution < -0.4 is 5.32 Å². The molecule has 1 amide bonds. The predicted molar refractivity (Wildman–Crippen MR) is 99.8 cm³/mol. The van der Waals surface area contributed by atoms with Gasteiger partial charge in [0.2, 0.25) is 0 Å². The molecule has 2 atom stereocenters. The fourth-order valence-electron chi connectivity index (χ4n) is 2.95. The number of nitrogens with one attached hydrogen (secondary N) is 1. The van der Waals surface area contributed by atoms with Crippen molar-refractivity contribution < 1.29 is 9.90 Å². The zero-order valence-electron chi connectivity index (χ0n) is 14.7. The lowest BCUT2D eigenvalue weighted by Gasteiger charge is -2.36. The predicted octanol–water partition coefficient (Wildman–Crippen LogP) is 1.35. The van der Waals surface area contributed by atoms with Crippen molar-refractivity contribution in [2.45, 2.75) is 37.2 Å². The molecule has 1 aliphatic heterocycles. The number of nitrogens with zero attached hydrogens (tertiary/aromatic N) is 4. The van der Waals surface area contributed by atoms with Gasteiger partial charge in [-0.2, -0.15) is 0 Å². The van der Waals surface area contributed by atoms with Gasteiger partial charge in [-0.3, -0.25) is 14.7 Å². The fraction of sp³-hybridized carbons (Fsp3) is 0.444. The molecule has 3 rings (SSSR count). The Hall–Kier alpha value is -2.03. The van der Waals surface area contributed by atoms with E-state index < -0.39 is 6.10 Å². The number of hydrogen-bond donors (Lipinski definition) is 2. The van der Waals surface area contributed by atoms with Crippen molar-refractivity contribution in [3.05, 3.63) is 48.0 Å². The third-order valence-corrected chi connectivity index (χ3v) is 5.04. The zero-order chi connectivity index (χ0) is 18.4. The summed E-state index contributed by atoms with van der Waals surface area (Å²) in [6.45, 7) is 4.07. The van der Waals surface area contributed by atoms with Gasteiger partial charge in [0, 0.05) is 55.5 Å². The van der Waals surface area contributed by atoms with Crippen LogP contribution in [0.2, 0.25) is 0 Å². The number of rotatable bonds is 6. The Morgan fingerprint density at radius 1 is 1.35 bits per heavy atom. The molecule has 1 saturated heterocycles. The highest BCUT2D eigenvalue weighted by Gasteiger charge is 2.29. The van der Waals surface area contributed by atoms with Crippen molar-refractivity contribution in [2.24, 2.45) is 0 Å². The molecule has 8 heteroatoms. The second kappa shape index (κ2) is 9.07. The van der Waals surface area contributed by atoms with Gasteiger partial charge in [0.15, 0.2) is 5.16 Å². The van der Waals surface area contributed by atoms with E-state index in [2.05, 4.69) is 32.1 Å². The van der Waals surface area contributed by atoms with Crippen LogP contribution in [0.1, 0.15) is 29.3 Å². The Balaban J connectivity index is 1.51. The summed E-state index contributed by atoms with van der Waals surface area (Å²) in [4.78, 5) is 27.0. The largest absolute Gasteiger partial charge is 0.390 e. The van der Waals surface area contributed by atoms with E-state index in [4.69, 9.17) is 0 Å². The van der Waals surface area contributed by atoms with Gasteiger partial charge in [0.25, 0.3) is 5.91 Å². The van der Waals surface area contributed by atoms with Crippen LogP contribution in [0.25, 0.3) is 0 Å². The van der Waals surface area contributed by atoms with Crippen molar-refractivity contribution in [3.8, 4) is 0 Å². The van der Waals surface area contributed by atoms with Crippen molar-refractivity contribution >= 4 is 17.7 Å². The molecule has 2 aromatic rings. The molecule has 26 heavy (non-hydrogen) atoms. The number of carbonyl (C=O) groups excluding carboxylic acids is 1. The van der Waals surface area contributed by atoms with Gasteiger partial charge in [0.05, 0.1) is 12.1 Å². The standard InChI is InChI=1S/C18H23N5O2S/c1-2-26-18-20-9-13(10-21-18)11-23-8-5-15(16(24)12-23)22-17(25)14-3-6-19-7-4-14/h3-4,6-7,9-10,15-16,24H,2,5,8,11-12H2,1H3,(H,22,25)/t15-,16-/m1/s1. The lowest BCUT2D eigenvalue weighted by molar-refractivity contribution is 0.0349. The van der Waals surface area contributed by atoms with Gasteiger partial charge in [-0.25, -0.2) is 9.97 Å². The highest BCUT2D eigenvalue weighted by Crippen LogP contribution is 2.16. The van der Waals surface area contributed by atoms with Gasteiger partial charge in [-0.05, 0) is 24.3 Å². The van der Waals surface area contributed by atoms with Crippen LogP contribution in [-0.4, -0.2) is 61.9 Å². The monoisotopic (exact) mass is 373 g/mol. The summed E-state index contributed by atoms with van der Waals surface area (Å²) in [6.07, 6.45) is 6.94. The van der Waals surface area contributed by atoms with Gasteiger partial charge < -0.3 is 10.4 Å². The highest BCUT2D eigenvalue weighted by atomic mass is 32.2. The number of amides is 1. The average molecular weight is 373 g/mol. The lowest BCUT2D eigenvalue weighted by Crippen LogP contribution is -2.53. The molecule has 0 bridgehead atoms. The third kappa shape index (κ3) is 5.00. The average Bonchev–Trinajstić information content (AvgIpc) is 2.66. The number of carbonyl (C=O) groups is 1. The Labute approximate surface area is 157 Å². The molecule has 0 aromatic carbocycles. The maximum absolute atomic E-state index is 12.2. The van der Waals surface area contributed by atoms with Crippen LogP contribution in [0.5, 0.6) is 0 Å². The topological polar surface area (TPSA) is 91.2 Å². The van der Waals surface area contributed by atoms with Crippen LogP contribution in [0, 0.1) is 0 Å². The summed E-state index contributed by atoms with van der Waals surface area (Å²) < 4.78 is 0. The molecular formula is C18H23N5O2S. The van der Waals surface area contributed by atoms with Crippen molar-refractivity contribution in [1.29, 1.82) is 0 Å². The first-order valence-corrected chi connectivity index (χ1v) is 9.69. The number of aliphatic hydroxyl groups excluding tert-OH is 1. The molecule has 1 aliphatic rings. The molecular weight excluding hydrogens is 350 g/mol. The first kappa shape index (κ1) is 18.8. The molecule has 2 aromatic heterocycles. The van der Waals surface area contributed by atoms with Crippen molar-refractivity contribution in [1.82, 2.24) is 25.2 Å². The molecule has 0 radical (unpaired) electrons. The summed E-state index contributed by atoms with van der Waals surface area (Å²) in [5.41, 5.74) is 1.58. The first-order chi connectivity index (χ1) is 12.7. The molecule has 2 N–H and O–H groups in total. The van der Waals surface area contributed by atoms with Crippen LogP contribution in [0.3, 0.4) is 0 Å². The highest BCUT2D eigenvalue weighted by molar-refractivity contribution is 7.99. The van der Waals surface area contributed by atoms with E-state index in [1.165, 1.54) is 0 Å². The molecule has 3 heterocycles. The van der Waals surface area contributed by atoms with Crippen LogP contribution in [-0.2, 0) is 6.54 Å². The molecule has 138 valence electrons. The normalized spacial score (nSPS) is 20.7. The minimum Gasteiger partial charge on any atom is -0.390 e. The number of piperidine rings is 1. The number of likely N-dealkylation sites (tertiary alicyclic amines) is 1. The van der Waals surface area contributed by atoms with Gasteiger partial charge in [0.1, 0.15) is 0 Å². The van der Waals surface area contributed by atoms with E-state index >= 15 is 0 Å². The Bertz CT molecular complexity index is 713. The maximum atomic E-state index is 12.2. The Kier molecular flexibility index (Phi) is 6.54. The fourth-order valence-corrected chi connectivity index (χ4v) is 3.46. The Morgan fingerprint density at radius 3 is 2.73 bits per heavy atom. The smallest absolute Gasteiger partial charge is 0.251 e. The second-order valence-corrected chi connectivity index (χ2v) is 7.45. The number of aromatic nitrogens is 3. The van der Waals surface area contributed by atoms with Crippen LogP contribution >= 0.6 is 11.8 Å². The van der Waals surface area contributed by atoms with Crippen molar-refractivity contribution in [2.75, 3.05) is 18.8 Å².